The van der Waals surface area contributed by atoms with Gasteiger partial charge in [-0.3, -0.25) is 14.9 Å². The molecule has 5 heteroatoms. The number of aromatic nitrogens is 3. The zero-order valence-electron chi connectivity index (χ0n) is 12.5. The number of likely N-dealkylation sites (tertiary alicyclic amines) is 1. The van der Waals surface area contributed by atoms with Crippen LogP contribution >= 0.6 is 0 Å². The number of rotatable bonds is 3. The van der Waals surface area contributed by atoms with E-state index in [1.807, 2.05) is 24.7 Å². The fourth-order valence-corrected chi connectivity index (χ4v) is 3.63. The number of piperidine rings is 1. The maximum atomic E-state index is 12.9. The highest BCUT2D eigenvalue weighted by atomic mass is 16.2. The Balaban J connectivity index is 1.50. The molecule has 2 aromatic rings. The molecule has 5 nitrogen and oxygen atoms in total. The van der Waals surface area contributed by atoms with Gasteiger partial charge in [-0.25, -0.2) is 0 Å². The summed E-state index contributed by atoms with van der Waals surface area (Å²) in [7, 11) is 0. The summed E-state index contributed by atoms with van der Waals surface area (Å²) in [5.74, 6) is 0.796. The number of hydrogen-bond acceptors (Lipinski definition) is 3. The molecule has 2 aromatic heterocycles. The summed E-state index contributed by atoms with van der Waals surface area (Å²) >= 11 is 0. The Morgan fingerprint density at radius 2 is 2.23 bits per heavy atom. The normalized spacial score (nSPS) is 27.6. The van der Waals surface area contributed by atoms with E-state index in [4.69, 9.17) is 0 Å². The van der Waals surface area contributed by atoms with Gasteiger partial charge in [0.05, 0.1) is 12.2 Å². The number of nitrogens with zero attached hydrogens (tertiary/aromatic N) is 3. The summed E-state index contributed by atoms with van der Waals surface area (Å²) in [6, 6.07) is 4.22. The average Bonchev–Trinajstić information content (AvgIpc) is 3.20. The van der Waals surface area contributed by atoms with Crippen molar-refractivity contribution in [3.63, 3.8) is 0 Å². The summed E-state index contributed by atoms with van der Waals surface area (Å²) in [4.78, 5) is 19.2. The van der Waals surface area contributed by atoms with Gasteiger partial charge in [-0.15, -0.1) is 0 Å². The Morgan fingerprint density at radius 1 is 1.27 bits per heavy atom. The highest BCUT2D eigenvalue weighted by Gasteiger charge is 2.47. The lowest BCUT2D eigenvalue weighted by Crippen LogP contribution is -2.39. The Bertz CT molecular complexity index is 640. The van der Waals surface area contributed by atoms with E-state index in [1.165, 1.54) is 12.0 Å². The molecule has 1 saturated heterocycles. The summed E-state index contributed by atoms with van der Waals surface area (Å²) in [6.45, 7) is 0.866. The number of carbonyl (C=O) groups is 1. The highest BCUT2D eigenvalue weighted by Crippen LogP contribution is 2.49. The van der Waals surface area contributed by atoms with Crippen molar-refractivity contribution in [3.05, 3.63) is 48.0 Å². The third-order valence-electron chi connectivity index (χ3n) is 4.91. The molecule has 114 valence electrons. The van der Waals surface area contributed by atoms with Gasteiger partial charge < -0.3 is 4.90 Å². The average molecular weight is 296 g/mol. The first kappa shape index (κ1) is 13.5. The van der Waals surface area contributed by atoms with Crippen LogP contribution < -0.4 is 0 Å². The summed E-state index contributed by atoms with van der Waals surface area (Å²) < 4.78 is 0. The maximum absolute atomic E-state index is 12.9. The number of amides is 1. The van der Waals surface area contributed by atoms with Crippen LogP contribution in [0.4, 0.5) is 0 Å². The summed E-state index contributed by atoms with van der Waals surface area (Å²) in [5.41, 5.74) is 2.32. The van der Waals surface area contributed by atoms with Crippen molar-refractivity contribution < 1.29 is 4.79 Å². The van der Waals surface area contributed by atoms with Crippen LogP contribution in [-0.4, -0.2) is 32.5 Å². The monoisotopic (exact) mass is 296 g/mol. The Kier molecular flexibility index (Phi) is 3.41. The number of nitrogens with one attached hydrogen (secondary N) is 1. The van der Waals surface area contributed by atoms with E-state index in [1.54, 1.807) is 6.20 Å². The third-order valence-corrected chi connectivity index (χ3v) is 4.91. The number of carbonyl (C=O) groups excluding carboxylic acids is 1. The molecule has 1 aliphatic carbocycles. The molecule has 0 aromatic carbocycles. The van der Waals surface area contributed by atoms with Crippen molar-refractivity contribution in [3.8, 4) is 0 Å². The first-order chi connectivity index (χ1) is 10.8. The van der Waals surface area contributed by atoms with Crippen molar-refractivity contribution in [1.82, 2.24) is 20.1 Å². The molecule has 1 saturated carbocycles. The third kappa shape index (κ3) is 2.40. The zero-order valence-corrected chi connectivity index (χ0v) is 12.5. The maximum Gasteiger partial charge on any atom is 0.226 e. The van der Waals surface area contributed by atoms with Gasteiger partial charge in [0.25, 0.3) is 0 Å². The van der Waals surface area contributed by atoms with Crippen LogP contribution in [0.25, 0.3) is 0 Å². The van der Waals surface area contributed by atoms with E-state index in [0.717, 1.165) is 31.4 Å². The quantitative estimate of drug-likeness (QED) is 0.947. The van der Waals surface area contributed by atoms with E-state index in [0.29, 0.717) is 11.8 Å². The fourth-order valence-electron chi connectivity index (χ4n) is 3.63. The van der Waals surface area contributed by atoms with Crippen molar-refractivity contribution in [2.45, 2.75) is 37.6 Å². The molecule has 3 atom stereocenters. The van der Waals surface area contributed by atoms with Crippen LogP contribution in [0.15, 0.2) is 36.9 Å². The number of pyridine rings is 1. The van der Waals surface area contributed by atoms with Gasteiger partial charge >= 0.3 is 0 Å². The molecule has 1 amide bonds. The molecule has 0 unspecified atom stereocenters. The van der Waals surface area contributed by atoms with Gasteiger partial charge in [0.1, 0.15) is 0 Å². The van der Waals surface area contributed by atoms with E-state index < -0.39 is 0 Å². The van der Waals surface area contributed by atoms with E-state index >= 15 is 0 Å². The van der Waals surface area contributed by atoms with E-state index in [9.17, 15) is 4.79 Å². The molecule has 4 rings (SSSR count). The first-order valence-electron chi connectivity index (χ1n) is 8.03. The van der Waals surface area contributed by atoms with Crippen LogP contribution in [0.1, 0.15) is 48.8 Å². The van der Waals surface area contributed by atoms with Crippen molar-refractivity contribution in [2.24, 2.45) is 5.92 Å². The van der Waals surface area contributed by atoms with E-state index in [2.05, 4.69) is 26.1 Å². The lowest BCUT2D eigenvalue weighted by Gasteiger charge is -2.35. The summed E-state index contributed by atoms with van der Waals surface area (Å²) in [5, 5.41) is 6.91. The molecule has 0 radical (unpaired) electrons. The topological polar surface area (TPSA) is 61.9 Å². The number of H-pyrrole nitrogens is 1. The van der Waals surface area contributed by atoms with Gasteiger partial charge in [0.2, 0.25) is 5.91 Å². The molecule has 0 bridgehead atoms. The van der Waals surface area contributed by atoms with Crippen LogP contribution in [-0.2, 0) is 4.79 Å². The Morgan fingerprint density at radius 3 is 3.00 bits per heavy atom. The number of aromatic amines is 1. The van der Waals surface area contributed by atoms with Gasteiger partial charge in [0.15, 0.2) is 0 Å². The molecule has 1 N–H and O–H groups in total. The van der Waals surface area contributed by atoms with E-state index in [-0.39, 0.29) is 12.0 Å². The van der Waals surface area contributed by atoms with Crippen molar-refractivity contribution in [1.29, 1.82) is 0 Å². The largest absolute Gasteiger partial charge is 0.335 e. The van der Waals surface area contributed by atoms with Crippen molar-refractivity contribution in [2.75, 3.05) is 6.54 Å². The van der Waals surface area contributed by atoms with Gasteiger partial charge in [0, 0.05) is 36.6 Å². The second-order valence-electron chi connectivity index (χ2n) is 6.31. The summed E-state index contributed by atoms with van der Waals surface area (Å²) in [6.07, 6.45) is 11.7. The minimum atomic E-state index is 0.136. The van der Waals surface area contributed by atoms with Crippen molar-refractivity contribution >= 4 is 5.91 Å². The SMILES string of the molecule is O=C([C@@H]1C[C@@H]1c1cccnc1)N1CCCC[C@H]1c1cn[nH]c1. The second-order valence-corrected chi connectivity index (χ2v) is 6.31. The molecule has 2 aliphatic rings. The second kappa shape index (κ2) is 5.55. The standard InChI is InChI=1S/C17H20N4O/c22-17(15-8-14(15)12-4-3-6-18-9-12)21-7-2-1-5-16(21)13-10-19-20-11-13/h3-4,6,9-11,14-16H,1-2,5,7-8H2,(H,19,20)/t14-,15-,16+/m1/s1. The van der Waals surface area contributed by atoms with Gasteiger partial charge in [-0.2, -0.15) is 5.10 Å². The molecule has 3 heterocycles. The van der Waals surface area contributed by atoms with Gasteiger partial charge in [-0.05, 0) is 43.2 Å². The molecule has 2 fully saturated rings. The predicted octanol–water partition coefficient (Wildman–Crippen LogP) is 2.66. The minimum absolute atomic E-state index is 0.136. The number of hydrogen-bond donors (Lipinski definition) is 1. The fraction of sp³-hybridized carbons (Fsp3) is 0.471. The Hall–Kier alpha value is -2.17. The van der Waals surface area contributed by atoms with Gasteiger partial charge in [-0.1, -0.05) is 6.07 Å². The smallest absolute Gasteiger partial charge is 0.226 e. The molecule has 1 aliphatic heterocycles. The predicted molar refractivity (Wildman–Crippen MR) is 82.0 cm³/mol. The lowest BCUT2D eigenvalue weighted by atomic mass is 9.96. The highest BCUT2D eigenvalue weighted by molar-refractivity contribution is 5.83. The van der Waals surface area contributed by atoms with Crippen LogP contribution in [0.3, 0.4) is 0 Å². The molecule has 0 spiro atoms. The molecule has 22 heavy (non-hydrogen) atoms. The Labute approximate surface area is 129 Å². The lowest BCUT2D eigenvalue weighted by molar-refractivity contribution is -0.136. The van der Waals surface area contributed by atoms with Crippen LogP contribution in [0.5, 0.6) is 0 Å². The molecular formula is C17H20N4O. The van der Waals surface area contributed by atoms with Crippen LogP contribution in [0.2, 0.25) is 0 Å². The zero-order chi connectivity index (χ0) is 14.9. The van der Waals surface area contributed by atoms with Crippen LogP contribution in [0, 0.1) is 5.92 Å². The molecular weight excluding hydrogens is 276 g/mol. The first-order valence-corrected chi connectivity index (χ1v) is 8.03. The minimum Gasteiger partial charge on any atom is -0.335 e.